The molecule has 3 aromatic heterocycles. The van der Waals surface area contributed by atoms with E-state index in [2.05, 4.69) is 229 Å². The number of benzene rings is 10. The molecule has 0 spiro atoms. The first kappa shape index (κ1) is 36.5. The zero-order valence-electron chi connectivity index (χ0n) is 34.5. The molecule has 10 aromatic carbocycles. The van der Waals surface area contributed by atoms with E-state index in [0.29, 0.717) is 0 Å². The molecule has 0 aliphatic rings. The van der Waals surface area contributed by atoms with Crippen LogP contribution in [0.15, 0.2) is 233 Å². The normalized spacial score (nSPS) is 11.8. The monoisotopic (exact) mass is 835 g/mol. The van der Waals surface area contributed by atoms with Gasteiger partial charge in [0.1, 0.15) is 22.3 Å². The van der Waals surface area contributed by atoms with E-state index in [1.165, 1.54) is 20.2 Å². The second-order valence-electron chi connectivity index (χ2n) is 16.4. The minimum Gasteiger partial charge on any atom is -0.456 e. The molecule has 0 saturated carbocycles. The maximum atomic E-state index is 7.15. The SMILES string of the molecule is c1ccc(-c2ccc3c(c2)oc2cc(-c4ccccc4)cc(N(c4cccc5c4sc4ccccc45)c4ccc(-c5ccccc5)c5oc6cc(-c7ccccc7)ccc6c45)c23)cc1. The molecule has 0 aliphatic carbocycles. The number of fused-ring (bicyclic) bond motifs is 9. The number of anilines is 3. The van der Waals surface area contributed by atoms with Gasteiger partial charge in [0, 0.05) is 31.8 Å². The molecule has 0 atom stereocenters. The smallest absolute Gasteiger partial charge is 0.145 e. The molecule has 0 N–H and O–H groups in total. The third-order valence-corrected chi connectivity index (χ3v) is 13.9. The van der Waals surface area contributed by atoms with Gasteiger partial charge in [0.25, 0.3) is 0 Å². The fourth-order valence-electron chi connectivity index (χ4n) is 9.67. The largest absolute Gasteiger partial charge is 0.456 e. The Kier molecular flexibility index (Phi) is 8.40. The van der Waals surface area contributed by atoms with Crippen molar-refractivity contribution in [1.29, 1.82) is 0 Å². The lowest BCUT2D eigenvalue weighted by molar-refractivity contribution is 0.669. The van der Waals surface area contributed by atoms with Gasteiger partial charge in [-0.1, -0.05) is 164 Å². The summed E-state index contributed by atoms with van der Waals surface area (Å²) >= 11 is 1.84. The van der Waals surface area contributed by atoms with Crippen LogP contribution in [0.3, 0.4) is 0 Å². The van der Waals surface area contributed by atoms with Crippen molar-refractivity contribution in [3.8, 4) is 44.5 Å². The molecule has 0 bridgehead atoms. The van der Waals surface area contributed by atoms with Gasteiger partial charge in [-0.2, -0.15) is 0 Å². The van der Waals surface area contributed by atoms with Gasteiger partial charge in [0.15, 0.2) is 0 Å². The number of furan rings is 2. The lowest BCUT2D eigenvalue weighted by atomic mass is 9.97. The fraction of sp³-hybridized carbons (Fsp3) is 0. The van der Waals surface area contributed by atoms with E-state index in [1.807, 2.05) is 11.3 Å². The summed E-state index contributed by atoms with van der Waals surface area (Å²) in [6.07, 6.45) is 0. The molecule has 0 amide bonds. The van der Waals surface area contributed by atoms with Gasteiger partial charge in [-0.05, 0) is 99.6 Å². The predicted molar refractivity (Wildman–Crippen MR) is 270 cm³/mol. The average Bonchev–Trinajstić information content (AvgIpc) is 4.07. The summed E-state index contributed by atoms with van der Waals surface area (Å²) in [5.74, 6) is 0. The van der Waals surface area contributed by atoms with E-state index in [9.17, 15) is 0 Å². The molecule has 3 nitrogen and oxygen atoms in total. The molecular weight excluding hydrogens is 799 g/mol. The van der Waals surface area contributed by atoms with Crippen LogP contribution in [-0.2, 0) is 0 Å². The van der Waals surface area contributed by atoms with Crippen molar-refractivity contribution in [1.82, 2.24) is 0 Å². The van der Waals surface area contributed by atoms with Crippen molar-refractivity contribution in [3.63, 3.8) is 0 Å². The first-order valence-corrected chi connectivity index (χ1v) is 22.5. The van der Waals surface area contributed by atoms with Crippen molar-refractivity contribution in [3.05, 3.63) is 224 Å². The van der Waals surface area contributed by atoms with E-state index < -0.39 is 0 Å². The summed E-state index contributed by atoms with van der Waals surface area (Å²) in [5, 5.41) is 6.68. The number of hydrogen-bond donors (Lipinski definition) is 0. The lowest BCUT2D eigenvalue weighted by Gasteiger charge is -2.28. The molecule has 300 valence electrons. The molecule has 13 rings (SSSR count). The average molecular weight is 836 g/mol. The summed E-state index contributed by atoms with van der Waals surface area (Å²) in [7, 11) is 0. The van der Waals surface area contributed by atoms with Crippen molar-refractivity contribution < 1.29 is 8.83 Å². The van der Waals surface area contributed by atoms with Crippen molar-refractivity contribution in [2.24, 2.45) is 0 Å². The standard InChI is InChI=1S/C60H37NO2S/c1-5-16-38(17-6-1)42-28-30-48-53(35-42)62-55-37-44(40-20-9-3-10-21-40)34-52(57(48)55)61(51-26-15-25-47-46-24-13-14-27-56(46)64-60(47)51)50-33-32-45(41-22-11-4-12-23-41)59-58(50)49-31-29-43(36-54(49)63-59)39-18-7-2-8-19-39/h1-37H. The van der Waals surface area contributed by atoms with Crippen LogP contribution in [-0.4, -0.2) is 0 Å². The molecule has 0 aliphatic heterocycles. The second-order valence-corrected chi connectivity index (χ2v) is 17.4. The lowest BCUT2D eigenvalue weighted by Crippen LogP contribution is -2.11. The molecule has 0 fully saturated rings. The van der Waals surface area contributed by atoms with Crippen LogP contribution in [0.5, 0.6) is 0 Å². The Morgan fingerprint density at radius 3 is 1.53 bits per heavy atom. The molecule has 0 saturated heterocycles. The molecule has 13 aromatic rings. The van der Waals surface area contributed by atoms with Gasteiger partial charge in [-0.3, -0.25) is 0 Å². The maximum absolute atomic E-state index is 7.15. The van der Waals surface area contributed by atoms with E-state index in [-0.39, 0.29) is 0 Å². The van der Waals surface area contributed by atoms with Crippen LogP contribution in [0.4, 0.5) is 17.1 Å². The third kappa shape index (κ3) is 5.88. The highest BCUT2D eigenvalue weighted by Gasteiger charge is 2.28. The minimum absolute atomic E-state index is 0.826. The minimum atomic E-state index is 0.826. The third-order valence-electron chi connectivity index (χ3n) is 12.7. The molecular formula is C60H37NO2S. The van der Waals surface area contributed by atoms with Crippen LogP contribution < -0.4 is 4.90 Å². The zero-order valence-corrected chi connectivity index (χ0v) is 35.4. The van der Waals surface area contributed by atoms with Crippen molar-refractivity contribution >= 4 is 92.4 Å². The Bertz CT molecular complexity index is 3890. The Hall–Kier alpha value is -8.18. The zero-order chi connectivity index (χ0) is 42.1. The van der Waals surface area contributed by atoms with Crippen LogP contribution in [0.1, 0.15) is 0 Å². The van der Waals surface area contributed by atoms with E-state index >= 15 is 0 Å². The summed E-state index contributed by atoms with van der Waals surface area (Å²) in [5.41, 5.74) is 15.3. The molecule has 0 unspecified atom stereocenters. The Balaban J connectivity index is 1.17. The highest BCUT2D eigenvalue weighted by molar-refractivity contribution is 7.26. The number of rotatable bonds is 7. The number of hydrogen-bond acceptors (Lipinski definition) is 4. The topological polar surface area (TPSA) is 29.5 Å². The first-order chi connectivity index (χ1) is 31.7. The fourth-order valence-corrected chi connectivity index (χ4v) is 10.9. The number of nitrogens with zero attached hydrogens (tertiary/aromatic N) is 1. The summed E-state index contributed by atoms with van der Waals surface area (Å²) < 4.78 is 16.6. The molecule has 4 heteroatoms. The van der Waals surface area contributed by atoms with Crippen LogP contribution in [0.2, 0.25) is 0 Å². The van der Waals surface area contributed by atoms with Gasteiger partial charge in [-0.15, -0.1) is 11.3 Å². The summed E-state index contributed by atoms with van der Waals surface area (Å²) in [6.45, 7) is 0. The van der Waals surface area contributed by atoms with Crippen LogP contribution in [0, 0.1) is 0 Å². The summed E-state index contributed by atoms with van der Waals surface area (Å²) in [6, 6.07) is 80.2. The van der Waals surface area contributed by atoms with Gasteiger partial charge >= 0.3 is 0 Å². The van der Waals surface area contributed by atoms with Crippen LogP contribution >= 0.6 is 11.3 Å². The molecule has 64 heavy (non-hydrogen) atoms. The van der Waals surface area contributed by atoms with Gasteiger partial charge in [0.2, 0.25) is 0 Å². The Morgan fingerprint density at radius 2 is 0.859 bits per heavy atom. The van der Waals surface area contributed by atoms with Gasteiger partial charge in [0.05, 0.1) is 32.5 Å². The van der Waals surface area contributed by atoms with Crippen molar-refractivity contribution in [2.75, 3.05) is 4.90 Å². The van der Waals surface area contributed by atoms with Crippen molar-refractivity contribution in [2.45, 2.75) is 0 Å². The predicted octanol–water partition coefficient (Wildman–Crippen LogP) is 18.0. The van der Waals surface area contributed by atoms with E-state index in [4.69, 9.17) is 8.83 Å². The van der Waals surface area contributed by atoms with Gasteiger partial charge < -0.3 is 13.7 Å². The Labute approximate surface area is 373 Å². The Morgan fingerprint density at radius 1 is 0.312 bits per heavy atom. The highest BCUT2D eigenvalue weighted by atomic mass is 32.1. The van der Waals surface area contributed by atoms with E-state index in [0.717, 1.165) is 105 Å². The summed E-state index contributed by atoms with van der Waals surface area (Å²) in [4.78, 5) is 2.49. The number of thiophene rings is 1. The first-order valence-electron chi connectivity index (χ1n) is 21.7. The van der Waals surface area contributed by atoms with E-state index in [1.54, 1.807) is 0 Å². The quantitative estimate of drug-likeness (QED) is 0.160. The maximum Gasteiger partial charge on any atom is 0.145 e. The van der Waals surface area contributed by atoms with Crippen LogP contribution in [0.25, 0.3) is 109 Å². The van der Waals surface area contributed by atoms with Gasteiger partial charge in [-0.25, -0.2) is 0 Å². The second kappa shape index (κ2) is 14.7. The molecule has 0 radical (unpaired) electrons. The molecule has 3 heterocycles. The highest BCUT2D eigenvalue weighted by Crippen LogP contribution is 2.53.